The number of hydrogen-bond acceptors (Lipinski definition) is 5. The fourth-order valence-corrected chi connectivity index (χ4v) is 1.59. The van der Waals surface area contributed by atoms with Gasteiger partial charge < -0.3 is 10.5 Å². The zero-order valence-electron chi connectivity index (χ0n) is 10.2. The molecule has 0 radical (unpaired) electrons. The Morgan fingerprint density at radius 2 is 2.16 bits per heavy atom. The van der Waals surface area contributed by atoms with Crippen LogP contribution in [0.25, 0.3) is 0 Å². The Kier molecular flexibility index (Phi) is 4.04. The molecule has 1 aromatic heterocycles. The van der Waals surface area contributed by atoms with Gasteiger partial charge in [0.2, 0.25) is 0 Å². The highest BCUT2D eigenvalue weighted by atomic mass is 16.6. The molecule has 0 aliphatic rings. The van der Waals surface area contributed by atoms with Crippen molar-refractivity contribution in [2.75, 3.05) is 0 Å². The van der Waals surface area contributed by atoms with Gasteiger partial charge in [0.1, 0.15) is 6.61 Å². The number of nitrogens with two attached hydrogens (primary N) is 1. The molecule has 0 saturated carbocycles. The van der Waals surface area contributed by atoms with Crippen LogP contribution in [-0.2, 0) is 13.2 Å². The van der Waals surface area contributed by atoms with Crippen molar-refractivity contribution in [2.24, 2.45) is 5.73 Å². The molecule has 0 aliphatic carbocycles. The zero-order chi connectivity index (χ0) is 13.7. The number of nitro groups is 1. The molecule has 0 saturated heterocycles. The third kappa shape index (κ3) is 3.26. The lowest BCUT2D eigenvalue weighted by Gasteiger charge is -2.07. The molecule has 0 bridgehead atoms. The number of pyridine rings is 1. The summed E-state index contributed by atoms with van der Waals surface area (Å²) in [4.78, 5) is 14.6. The molecule has 2 rings (SSSR count). The lowest BCUT2D eigenvalue weighted by atomic mass is 10.2. The van der Waals surface area contributed by atoms with Crippen LogP contribution in [0.3, 0.4) is 0 Å². The molecule has 0 aliphatic heterocycles. The Hall–Kier alpha value is -2.47. The molecular formula is C13H13N3O3. The van der Waals surface area contributed by atoms with E-state index in [9.17, 15) is 10.1 Å². The standard InChI is InChI=1S/C13H13N3O3/c14-8-10-4-5-13(12(7-10)16(17)18)19-9-11-3-1-2-6-15-11/h1-7H,8-9,14H2. The van der Waals surface area contributed by atoms with Gasteiger partial charge in [0.05, 0.1) is 10.6 Å². The summed E-state index contributed by atoms with van der Waals surface area (Å²) in [6.07, 6.45) is 1.64. The summed E-state index contributed by atoms with van der Waals surface area (Å²) in [7, 11) is 0. The molecule has 2 aromatic rings. The van der Waals surface area contributed by atoms with Crippen LogP contribution in [0.1, 0.15) is 11.3 Å². The van der Waals surface area contributed by atoms with Crippen LogP contribution in [0.5, 0.6) is 5.75 Å². The van der Waals surface area contributed by atoms with Crippen molar-refractivity contribution in [3.05, 3.63) is 64.0 Å². The largest absolute Gasteiger partial charge is 0.480 e. The van der Waals surface area contributed by atoms with Gasteiger partial charge in [-0.2, -0.15) is 0 Å². The second kappa shape index (κ2) is 5.92. The van der Waals surface area contributed by atoms with Gasteiger partial charge in [0.25, 0.3) is 0 Å². The highest BCUT2D eigenvalue weighted by Gasteiger charge is 2.15. The molecular weight excluding hydrogens is 246 g/mol. The second-order valence-corrected chi connectivity index (χ2v) is 3.87. The third-order valence-corrected chi connectivity index (χ3v) is 2.56. The smallest absolute Gasteiger partial charge is 0.311 e. The molecule has 6 heteroatoms. The van der Waals surface area contributed by atoms with Crippen molar-refractivity contribution >= 4 is 5.69 Å². The maximum absolute atomic E-state index is 11.0. The topological polar surface area (TPSA) is 91.3 Å². The minimum absolute atomic E-state index is 0.0844. The van der Waals surface area contributed by atoms with Crippen LogP contribution in [-0.4, -0.2) is 9.91 Å². The van der Waals surface area contributed by atoms with Gasteiger partial charge in [0, 0.05) is 18.8 Å². The number of ether oxygens (including phenoxy) is 1. The van der Waals surface area contributed by atoms with E-state index in [1.165, 1.54) is 6.07 Å². The van der Waals surface area contributed by atoms with E-state index in [0.717, 1.165) is 0 Å². The van der Waals surface area contributed by atoms with Crippen molar-refractivity contribution in [3.8, 4) is 5.75 Å². The van der Waals surface area contributed by atoms with Crippen molar-refractivity contribution < 1.29 is 9.66 Å². The number of rotatable bonds is 5. The first-order valence-corrected chi connectivity index (χ1v) is 5.71. The summed E-state index contributed by atoms with van der Waals surface area (Å²) in [6, 6.07) is 10.1. The lowest BCUT2D eigenvalue weighted by molar-refractivity contribution is -0.386. The Morgan fingerprint density at radius 1 is 1.32 bits per heavy atom. The lowest BCUT2D eigenvalue weighted by Crippen LogP contribution is -2.02. The van der Waals surface area contributed by atoms with Crippen LogP contribution in [0, 0.1) is 10.1 Å². The molecule has 1 aromatic carbocycles. The van der Waals surface area contributed by atoms with Crippen LogP contribution in [0.15, 0.2) is 42.6 Å². The first kappa shape index (κ1) is 13.0. The Labute approximate surface area is 110 Å². The summed E-state index contributed by atoms with van der Waals surface area (Å²) < 4.78 is 5.44. The second-order valence-electron chi connectivity index (χ2n) is 3.87. The molecule has 98 valence electrons. The fourth-order valence-electron chi connectivity index (χ4n) is 1.59. The Morgan fingerprint density at radius 3 is 2.79 bits per heavy atom. The Balaban J connectivity index is 2.18. The van der Waals surface area contributed by atoms with Crippen molar-refractivity contribution in [2.45, 2.75) is 13.2 Å². The van der Waals surface area contributed by atoms with Crippen molar-refractivity contribution in [3.63, 3.8) is 0 Å². The Bertz CT molecular complexity index is 573. The third-order valence-electron chi connectivity index (χ3n) is 2.56. The average Bonchev–Trinajstić information content (AvgIpc) is 2.46. The van der Waals surface area contributed by atoms with E-state index < -0.39 is 4.92 Å². The summed E-state index contributed by atoms with van der Waals surface area (Å²) in [6.45, 7) is 0.436. The van der Waals surface area contributed by atoms with Crippen molar-refractivity contribution in [1.82, 2.24) is 4.98 Å². The molecule has 0 unspecified atom stereocenters. The maximum Gasteiger partial charge on any atom is 0.311 e. The molecule has 0 fully saturated rings. The van der Waals surface area contributed by atoms with E-state index >= 15 is 0 Å². The highest BCUT2D eigenvalue weighted by Crippen LogP contribution is 2.28. The van der Waals surface area contributed by atoms with Gasteiger partial charge in [-0.3, -0.25) is 15.1 Å². The van der Waals surface area contributed by atoms with Gasteiger partial charge in [-0.25, -0.2) is 0 Å². The summed E-state index contributed by atoms with van der Waals surface area (Å²) >= 11 is 0. The average molecular weight is 259 g/mol. The molecule has 19 heavy (non-hydrogen) atoms. The molecule has 1 heterocycles. The maximum atomic E-state index is 11.0. The predicted molar refractivity (Wildman–Crippen MR) is 69.6 cm³/mol. The van der Waals surface area contributed by atoms with E-state index in [-0.39, 0.29) is 24.6 Å². The van der Waals surface area contributed by atoms with Crippen LogP contribution < -0.4 is 10.5 Å². The van der Waals surface area contributed by atoms with Crippen molar-refractivity contribution in [1.29, 1.82) is 0 Å². The van der Waals surface area contributed by atoms with E-state index in [2.05, 4.69) is 4.98 Å². The van der Waals surface area contributed by atoms with Gasteiger partial charge >= 0.3 is 5.69 Å². The molecule has 0 amide bonds. The zero-order valence-corrected chi connectivity index (χ0v) is 10.2. The predicted octanol–water partition coefficient (Wildman–Crippen LogP) is 2.03. The van der Waals surface area contributed by atoms with Gasteiger partial charge in [0.15, 0.2) is 5.75 Å². The van der Waals surface area contributed by atoms with Crippen LogP contribution in [0.4, 0.5) is 5.69 Å². The monoisotopic (exact) mass is 259 g/mol. The molecule has 6 nitrogen and oxygen atoms in total. The number of benzene rings is 1. The molecule has 2 N–H and O–H groups in total. The first-order valence-electron chi connectivity index (χ1n) is 5.71. The molecule has 0 spiro atoms. The summed E-state index contributed by atoms with van der Waals surface area (Å²) in [5, 5.41) is 11.0. The number of aromatic nitrogens is 1. The quantitative estimate of drug-likeness (QED) is 0.655. The first-order chi connectivity index (χ1) is 9.20. The van der Waals surface area contributed by atoms with Crippen LogP contribution >= 0.6 is 0 Å². The van der Waals surface area contributed by atoms with Gasteiger partial charge in [-0.05, 0) is 23.8 Å². The van der Waals surface area contributed by atoms with E-state index in [1.807, 2.05) is 6.07 Å². The highest BCUT2D eigenvalue weighted by molar-refractivity contribution is 5.48. The minimum Gasteiger partial charge on any atom is -0.480 e. The summed E-state index contributed by atoms with van der Waals surface area (Å²) in [5.41, 5.74) is 6.78. The number of hydrogen-bond donors (Lipinski definition) is 1. The molecule has 0 atom stereocenters. The minimum atomic E-state index is -0.479. The van der Waals surface area contributed by atoms with Gasteiger partial charge in [-0.15, -0.1) is 0 Å². The SMILES string of the molecule is NCc1ccc(OCc2ccccn2)c([N+](=O)[O-])c1. The van der Waals surface area contributed by atoms with E-state index in [1.54, 1.807) is 30.5 Å². The van der Waals surface area contributed by atoms with E-state index in [0.29, 0.717) is 11.3 Å². The van der Waals surface area contributed by atoms with Crippen LogP contribution in [0.2, 0.25) is 0 Å². The fraction of sp³-hybridized carbons (Fsp3) is 0.154. The van der Waals surface area contributed by atoms with Gasteiger partial charge in [-0.1, -0.05) is 12.1 Å². The summed E-state index contributed by atoms with van der Waals surface area (Å²) in [5.74, 6) is 0.216. The number of nitrogens with zero attached hydrogens (tertiary/aromatic N) is 2. The number of nitro benzene ring substituents is 1. The normalized spacial score (nSPS) is 10.2. The van der Waals surface area contributed by atoms with E-state index in [4.69, 9.17) is 10.5 Å².